The second-order valence-corrected chi connectivity index (χ2v) is 5.56. The van der Waals surface area contributed by atoms with Gasteiger partial charge in [-0.3, -0.25) is 0 Å². The van der Waals surface area contributed by atoms with E-state index in [-0.39, 0.29) is 12.1 Å². The molecule has 2 unspecified atom stereocenters. The van der Waals surface area contributed by atoms with Gasteiger partial charge in [-0.1, -0.05) is 44.5 Å². The van der Waals surface area contributed by atoms with E-state index < -0.39 is 0 Å². The summed E-state index contributed by atoms with van der Waals surface area (Å²) in [6.07, 6.45) is 0.213. The number of nitrogens with one attached hydrogen (secondary N) is 1. The van der Waals surface area contributed by atoms with E-state index in [0.717, 1.165) is 13.2 Å². The Kier molecular flexibility index (Phi) is 6.53. The third-order valence-electron chi connectivity index (χ3n) is 3.54. The molecular weight excluding hydrogens is 234 g/mol. The molecule has 1 aromatic rings. The first-order valence-electron chi connectivity index (χ1n) is 7.43. The first-order valence-corrected chi connectivity index (χ1v) is 7.43. The lowest BCUT2D eigenvalue weighted by molar-refractivity contribution is 0.00302. The minimum atomic E-state index is 0.213. The molecule has 0 aliphatic rings. The number of aryl methyl sites for hydroxylation is 2. The van der Waals surface area contributed by atoms with Crippen LogP contribution in [0.4, 0.5) is 0 Å². The van der Waals surface area contributed by atoms with Crippen LogP contribution < -0.4 is 5.32 Å². The van der Waals surface area contributed by atoms with Gasteiger partial charge in [0.2, 0.25) is 0 Å². The maximum absolute atomic E-state index is 6.00. The Labute approximate surface area is 118 Å². The van der Waals surface area contributed by atoms with Crippen molar-refractivity contribution in [1.82, 2.24) is 5.32 Å². The van der Waals surface area contributed by atoms with Gasteiger partial charge in [0.25, 0.3) is 0 Å². The molecule has 0 aromatic heterocycles. The smallest absolute Gasteiger partial charge is 0.0792 e. The van der Waals surface area contributed by atoms with Crippen molar-refractivity contribution in [3.8, 4) is 0 Å². The van der Waals surface area contributed by atoms with Crippen LogP contribution in [0.1, 0.15) is 50.4 Å². The molecule has 1 N–H and O–H groups in total. The number of hydrogen-bond donors (Lipinski definition) is 1. The molecule has 0 saturated heterocycles. The number of benzene rings is 1. The normalized spacial score (nSPS) is 14.7. The summed E-state index contributed by atoms with van der Waals surface area (Å²) >= 11 is 0. The predicted molar refractivity (Wildman–Crippen MR) is 82.6 cm³/mol. The lowest BCUT2D eigenvalue weighted by atomic mass is 9.90. The van der Waals surface area contributed by atoms with Gasteiger partial charge in [0.15, 0.2) is 0 Å². The van der Waals surface area contributed by atoms with Gasteiger partial charge in [0.05, 0.1) is 12.1 Å². The van der Waals surface area contributed by atoms with Gasteiger partial charge in [-0.2, -0.15) is 0 Å². The van der Waals surface area contributed by atoms with Crippen LogP contribution in [0.3, 0.4) is 0 Å². The fourth-order valence-corrected chi connectivity index (χ4v) is 2.58. The van der Waals surface area contributed by atoms with E-state index in [1.165, 1.54) is 16.7 Å². The molecule has 0 spiro atoms. The SMILES string of the molecule is CCNC(c1cc(C)ccc1C)C(OCC)C(C)C. The molecule has 108 valence electrons. The van der Waals surface area contributed by atoms with Crippen molar-refractivity contribution in [3.05, 3.63) is 34.9 Å². The molecule has 1 rings (SSSR count). The molecule has 0 heterocycles. The van der Waals surface area contributed by atoms with Crippen LogP contribution in [-0.2, 0) is 4.74 Å². The monoisotopic (exact) mass is 263 g/mol. The second-order valence-electron chi connectivity index (χ2n) is 5.56. The summed E-state index contributed by atoms with van der Waals surface area (Å²) in [7, 11) is 0. The van der Waals surface area contributed by atoms with E-state index in [1.807, 2.05) is 0 Å². The highest BCUT2D eigenvalue weighted by molar-refractivity contribution is 5.33. The maximum Gasteiger partial charge on any atom is 0.0792 e. The van der Waals surface area contributed by atoms with Crippen LogP contribution in [0.15, 0.2) is 18.2 Å². The van der Waals surface area contributed by atoms with E-state index in [4.69, 9.17) is 4.74 Å². The van der Waals surface area contributed by atoms with Gasteiger partial charge in [-0.15, -0.1) is 0 Å². The molecule has 2 heteroatoms. The van der Waals surface area contributed by atoms with Crippen molar-refractivity contribution >= 4 is 0 Å². The summed E-state index contributed by atoms with van der Waals surface area (Å²) < 4.78 is 6.00. The highest BCUT2D eigenvalue weighted by Gasteiger charge is 2.26. The van der Waals surface area contributed by atoms with E-state index in [9.17, 15) is 0 Å². The molecule has 1 aromatic carbocycles. The molecule has 0 radical (unpaired) electrons. The molecular formula is C17H29NO. The van der Waals surface area contributed by atoms with Crippen LogP contribution in [0, 0.1) is 19.8 Å². The molecule has 0 amide bonds. The zero-order valence-corrected chi connectivity index (χ0v) is 13.3. The molecule has 2 nitrogen and oxygen atoms in total. The topological polar surface area (TPSA) is 21.3 Å². The number of rotatable bonds is 7. The summed E-state index contributed by atoms with van der Waals surface area (Å²) in [5, 5.41) is 3.61. The molecule has 19 heavy (non-hydrogen) atoms. The van der Waals surface area contributed by atoms with Gasteiger partial charge in [-0.05, 0) is 44.4 Å². The van der Waals surface area contributed by atoms with Gasteiger partial charge in [0, 0.05) is 6.61 Å². The summed E-state index contributed by atoms with van der Waals surface area (Å²) in [5.74, 6) is 0.490. The standard InChI is InChI=1S/C17H29NO/c1-7-18-16(17(12(3)4)19-8-2)15-11-13(5)9-10-14(15)6/h9-12,16-18H,7-8H2,1-6H3. The van der Waals surface area contributed by atoms with Crippen molar-refractivity contribution in [2.75, 3.05) is 13.2 Å². The van der Waals surface area contributed by atoms with Crippen molar-refractivity contribution in [3.63, 3.8) is 0 Å². The largest absolute Gasteiger partial charge is 0.376 e. The quantitative estimate of drug-likeness (QED) is 0.802. The number of hydrogen-bond acceptors (Lipinski definition) is 2. The second kappa shape index (κ2) is 7.66. The van der Waals surface area contributed by atoms with Crippen molar-refractivity contribution in [1.29, 1.82) is 0 Å². The molecule has 2 atom stereocenters. The van der Waals surface area contributed by atoms with Crippen LogP contribution in [0.5, 0.6) is 0 Å². The first-order chi connectivity index (χ1) is 9.01. The lowest BCUT2D eigenvalue weighted by Crippen LogP contribution is -2.37. The third-order valence-corrected chi connectivity index (χ3v) is 3.54. The minimum Gasteiger partial charge on any atom is -0.376 e. The van der Waals surface area contributed by atoms with Gasteiger partial charge in [0.1, 0.15) is 0 Å². The highest BCUT2D eigenvalue weighted by Crippen LogP contribution is 2.28. The fourth-order valence-electron chi connectivity index (χ4n) is 2.58. The van der Waals surface area contributed by atoms with Gasteiger partial charge >= 0.3 is 0 Å². The fraction of sp³-hybridized carbons (Fsp3) is 0.647. The number of likely N-dealkylation sites (N-methyl/N-ethyl adjacent to an activating group) is 1. The molecule has 0 aliphatic carbocycles. The van der Waals surface area contributed by atoms with E-state index >= 15 is 0 Å². The van der Waals surface area contributed by atoms with E-state index in [0.29, 0.717) is 5.92 Å². The molecule has 0 aliphatic heterocycles. The van der Waals surface area contributed by atoms with Crippen LogP contribution >= 0.6 is 0 Å². The van der Waals surface area contributed by atoms with Crippen molar-refractivity contribution < 1.29 is 4.74 Å². The Morgan fingerprint density at radius 3 is 2.37 bits per heavy atom. The Morgan fingerprint density at radius 2 is 1.84 bits per heavy atom. The summed E-state index contributed by atoms with van der Waals surface area (Å²) in [5.41, 5.74) is 4.01. The molecule has 0 saturated carbocycles. The van der Waals surface area contributed by atoms with Crippen LogP contribution in [0.25, 0.3) is 0 Å². The Morgan fingerprint density at radius 1 is 1.16 bits per heavy atom. The Hall–Kier alpha value is -0.860. The van der Waals surface area contributed by atoms with Crippen molar-refractivity contribution in [2.24, 2.45) is 5.92 Å². The van der Waals surface area contributed by atoms with E-state index in [1.54, 1.807) is 0 Å². The van der Waals surface area contributed by atoms with E-state index in [2.05, 4.69) is 65.1 Å². The van der Waals surface area contributed by atoms with Crippen molar-refractivity contribution in [2.45, 2.75) is 53.7 Å². The minimum absolute atomic E-state index is 0.213. The van der Waals surface area contributed by atoms with Crippen LogP contribution in [-0.4, -0.2) is 19.3 Å². The first kappa shape index (κ1) is 16.2. The van der Waals surface area contributed by atoms with Gasteiger partial charge < -0.3 is 10.1 Å². The third kappa shape index (κ3) is 4.32. The average molecular weight is 263 g/mol. The van der Waals surface area contributed by atoms with Gasteiger partial charge in [-0.25, -0.2) is 0 Å². The maximum atomic E-state index is 6.00. The average Bonchev–Trinajstić information content (AvgIpc) is 2.36. The zero-order valence-electron chi connectivity index (χ0n) is 13.3. The summed E-state index contributed by atoms with van der Waals surface area (Å²) in [4.78, 5) is 0. The summed E-state index contributed by atoms with van der Waals surface area (Å²) in [6, 6.07) is 6.94. The predicted octanol–water partition coefficient (Wildman–Crippen LogP) is 4.02. The lowest BCUT2D eigenvalue weighted by Gasteiger charge is -2.32. The number of ether oxygens (including phenoxy) is 1. The molecule has 0 fully saturated rings. The van der Waals surface area contributed by atoms with Crippen LogP contribution in [0.2, 0.25) is 0 Å². The summed E-state index contributed by atoms with van der Waals surface area (Å²) in [6.45, 7) is 14.7. The Balaban J connectivity index is 3.13. The Bertz CT molecular complexity index is 387. The highest BCUT2D eigenvalue weighted by atomic mass is 16.5. The zero-order chi connectivity index (χ0) is 14.4. The molecule has 0 bridgehead atoms.